The van der Waals surface area contributed by atoms with Crippen LogP contribution in [0.2, 0.25) is 0 Å². The van der Waals surface area contributed by atoms with Gasteiger partial charge in [0.2, 0.25) is 0 Å². The van der Waals surface area contributed by atoms with Gasteiger partial charge in [-0.2, -0.15) is 0 Å². The van der Waals surface area contributed by atoms with Crippen LogP contribution in [0.1, 0.15) is 18.7 Å². The van der Waals surface area contributed by atoms with E-state index in [1.807, 2.05) is 11.8 Å². The molecule has 2 heterocycles. The molecule has 0 radical (unpaired) electrons. The van der Waals surface area contributed by atoms with Gasteiger partial charge < -0.3 is 5.32 Å². The van der Waals surface area contributed by atoms with Crippen LogP contribution >= 0.6 is 23.1 Å². The molecule has 0 bridgehead atoms. The Morgan fingerprint density at radius 1 is 1.42 bits per heavy atom. The Balaban J connectivity index is 2.20. The van der Waals surface area contributed by atoms with Crippen LogP contribution in [0.25, 0.3) is 4.91 Å². The molecule has 0 amide bonds. The normalized spacial score (nSPS) is 20.3. The Morgan fingerprint density at radius 3 is 2.75 bits per heavy atom. The molecule has 0 saturated heterocycles. The molecule has 2 rings (SSSR count). The Bertz CT molecular complexity index is 298. The predicted octanol–water partition coefficient (Wildman–Crippen LogP) is 3.12. The maximum absolute atomic E-state index is 3.34. The van der Waals surface area contributed by atoms with Crippen molar-refractivity contribution in [3.63, 3.8) is 0 Å². The highest BCUT2D eigenvalue weighted by molar-refractivity contribution is 8.09. The van der Waals surface area contributed by atoms with E-state index in [2.05, 4.69) is 42.9 Å². The van der Waals surface area contributed by atoms with Crippen molar-refractivity contribution in [3.05, 3.63) is 28.6 Å². The second kappa shape index (κ2) is 2.82. The molecule has 1 aromatic rings. The molecular weight excluding hydrogens is 186 g/mol. The molecule has 12 heavy (non-hydrogen) atoms. The van der Waals surface area contributed by atoms with Gasteiger partial charge in [-0.1, -0.05) is 17.8 Å². The fraction of sp³-hybridized carbons (Fsp3) is 0.333. The summed E-state index contributed by atoms with van der Waals surface area (Å²) in [5.41, 5.74) is 0. The Hall–Kier alpha value is -0.410. The first-order valence-corrected chi connectivity index (χ1v) is 5.58. The summed E-state index contributed by atoms with van der Waals surface area (Å²) in [6.07, 6.45) is 2.11. The number of nitrogens with one attached hydrogen (secondary N) is 1. The van der Waals surface area contributed by atoms with E-state index in [1.165, 1.54) is 9.78 Å². The lowest BCUT2D eigenvalue weighted by Crippen LogP contribution is -2.26. The van der Waals surface area contributed by atoms with E-state index in [4.69, 9.17) is 0 Å². The molecule has 1 aromatic heterocycles. The molecule has 0 aliphatic carbocycles. The minimum Gasteiger partial charge on any atom is -0.376 e. The molecule has 0 fully saturated rings. The largest absolute Gasteiger partial charge is 0.376 e. The van der Waals surface area contributed by atoms with E-state index in [1.54, 1.807) is 11.3 Å². The van der Waals surface area contributed by atoms with Gasteiger partial charge in [-0.15, -0.1) is 11.3 Å². The van der Waals surface area contributed by atoms with Crippen molar-refractivity contribution in [2.75, 3.05) is 0 Å². The lowest BCUT2D eigenvalue weighted by atomic mass is 10.4. The molecule has 1 nitrogen and oxygen atoms in total. The zero-order valence-corrected chi connectivity index (χ0v) is 8.76. The highest BCUT2D eigenvalue weighted by Gasteiger charge is 2.25. The van der Waals surface area contributed by atoms with Crippen LogP contribution in [0.4, 0.5) is 0 Å². The fourth-order valence-electron chi connectivity index (χ4n) is 1.11. The summed E-state index contributed by atoms with van der Waals surface area (Å²) in [6, 6.07) is 4.25. The first-order valence-electron chi connectivity index (χ1n) is 3.88. The maximum atomic E-state index is 3.34. The number of hydrogen-bond donors (Lipinski definition) is 1. The number of hydrogen-bond acceptors (Lipinski definition) is 3. The summed E-state index contributed by atoms with van der Waals surface area (Å²) in [4.78, 5) is 2.88. The third-order valence-corrected chi connectivity index (χ3v) is 3.90. The molecule has 0 saturated carbocycles. The van der Waals surface area contributed by atoms with Gasteiger partial charge in [0, 0.05) is 16.0 Å². The number of thiophene rings is 1. The van der Waals surface area contributed by atoms with E-state index < -0.39 is 0 Å². The van der Waals surface area contributed by atoms with Crippen LogP contribution in [-0.4, -0.2) is 4.87 Å². The van der Waals surface area contributed by atoms with E-state index in [0.717, 1.165) is 0 Å². The average molecular weight is 197 g/mol. The SMILES string of the molecule is CC1(C)NC=C(c2cccs2)S1. The van der Waals surface area contributed by atoms with Crippen molar-refractivity contribution < 1.29 is 0 Å². The highest BCUT2D eigenvalue weighted by atomic mass is 32.2. The maximum Gasteiger partial charge on any atom is 0.0819 e. The number of thioether (sulfide) groups is 1. The van der Waals surface area contributed by atoms with Gasteiger partial charge in [-0.3, -0.25) is 0 Å². The van der Waals surface area contributed by atoms with Crippen LogP contribution < -0.4 is 5.32 Å². The fourth-order valence-corrected chi connectivity index (χ4v) is 2.97. The predicted molar refractivity (Wildman–Crippen MR) is 57.1 cm³/mol. The first-order chi connectivity index (χ1) is 5.67. The van der Waals surface area contributed by atoms with Gasteiger partial charge >= 0.3 is 0 Å². The smallest absolute Gasteiger partial charge is 0.0819 e. The summed E-state index contributed by atoms with van der Waals surface area (Å²) >= 11 is 3.68. The summed E-state index contributed by atoms with van der Waals surface area (Å²) in [7, 11) is 0. The Morgan fingerprint density at radius 2 is 2.25 bits per heavy atom. The second-order valence-corrected chi connectivity index (χ2v) is 5.85. The van der Waals surface area contributed by atoms with Crippen molar-refractivity contribution in [2.45, 2.75) is 18.7 Å². The van der Waals surface area contributed by atoms with Crippen molar-refractivity contribution in [2.24, 2.45) is 0 Å². The summed E-state index contributed by atoms with van der Waals surface area (Å²) in [5, 5.41) is 5.45. The second-order valence-electron chi connectivity index (χ2n) is 3.24. The third kappa shape index (κ3) is 1.52. The molecule has 3 heteroatoms. The Labute approximate surface area is 80.9 Å². The minimum atomic E-state index is 0.166. The Kier molecular flexibility index (Phi) is 1.93. The lowest BCUT2D eigenvalue weighted by molar-refractivity contribution is 0.653. The van der Waals surface area contributed by atoms with E-state index in [-0.39, 0.29) is 4.87 Å². The molecule has 1 N–H and O–H groups in total. The van der Waals surface area contributed by atoms with E-state index in [0.29, 0.717) is 0 Å². The first kappa shape index (κ1) is 8.20. The standard InChI is InChI=1S/C9H11NS2/c1-9(2)10-6-8(12-9)7-4-3-5-11-7/h3-6,10H,1-2H3. The summed E-state index contributed by atoms with van der Waals surface area (Å²) < 4.78 is 0. The quantitative estimate of drug-likeness (QED) is 0.742. The molecule has 1 aliphatic rings. The van der Waals surface area contributed by atoms with Gasteiger partial charge in [0.1, 0.15) is 0 Å². The molecule has 1 aliphatic heterocycles. The summed E-state index contributed by atoms with van der Waals surface area (Å²) in [5.74, 6) is 0. The summed E-state index contributed by atoms with van der Waals surface area (Å²) in [6.45, 7) is 4.38. The monoisotopic (exact) mass is 197 g/mol. The van der Waals surface area contributed by atoms with Gasteiger partial charge in [0.05, 0.1) is 4.87 Å². The molecule has 64 valence electrons. The van der Waals surface area contributed by atoms with E-state index in [9.17, 15) is 0 Å². The molecule has 0 aromatic carbocycles. The molecule has 0 unspecified atom stereocenters. The van der Waals surface area contributed by atoms with Crippen molar-refractivity contribution >= 4 is 28.0 Å². The zero-order chi connectivity index (χ0) is 8.60. The molecule has 0 atom stereocenters. The molecular formula is C9H11NS2. The topological polar surface area (TPSA) is 12.0 Å². The highest BCUT2D eigenvalue weighted by Crippen LogP contribution is 2.41. The average Bonchev–Trinajstić information content (AvgIpc) is 2.55. The van der Waals surface area contributed by atoms with Crippen LogP contribution in [0.5, 0.6) is 0 Å². The van der Waals surface area contributed by atoms with Gasteiger partial charge in [0.25, 0.3) is 0 Å². The number of rotatable bonds is 1. The van der Waals surface area contributed by atoms with Gasteiger partial charge in [-0.25, -0.2) is 0 Å². The van der Waals surface area contributed by atoms with E-state index >= 15 is 0 Å². The zero-order valence-electron chi connectivity index (χ0n) is 7.13. The van der Waals surface area contributed by atoms with Crippen molar-refractivity contribution in [1.29, 1.82) is 0 Å². The van der Waals surface area contributed by atoms with Crippen LogP contribution in [0, 0.1) is 0 Å². The van der Waals surface area contributed by atoms with Gasteiger partial charge in [-0.05, 0) is 25.3 Å². The van der Waals surface area contributed by atoms with Crippen LogP contribution in [0.3, 0.4) is 0 Å². The van der Waals surface area contributed by atoms with Gasteiger partial charge in [0.15, 0.2) is 0 Å². The third-order valence-electron chi connectivity index (χ3n) is 1.68. The van der Waals surface area contributed by atoms with Crippen molar-refractivity contribution in [1.82, 2.24) is 5.32 Å². The lowest BCUT2D eigenvalue weighted by Gasteiger charge is -2.16. The van der Waals surface area contributed by atoms with Crippen LogP contribution in [-0.2, 0) is 0 Å². The van der Waals surface area contributed by atoms with Crippen LogP contribution in [0.15, 0.2) is 23.7 Å². The molecule has 0 spiro atoms. The minimum absolute atomic E-state index is 0.166. The van der Waals surface area contributed by atoms with Crippen molar-refractivity contribution in [3.8, 4) is 0 Å².